The zero-order valence-electron chi connectivity index (χ0n) is 15.4. The first-order chi connectivity index (χ1) is 13.2. The maximum atomic E-state index is 12.4. The fourth-order valence-electron chi connectivity index (χ4n) is 2.67. The summed E-state index contributed by atoms with van der Waals surface area (Å²) >= 11 is 3.16. The number of para-hydroxylation sites is 1. The average Bonchev–Trinajstić information content (AvgIpc) is 3.04. The zero-order valence-corrected chi connectivity index (χ0v) is 17.0. The summed E-state index contributed by atoms with van der Waals surface area (Å²) in [5, 5.41) is 0. The quantitative estimate of drug-likeness (QED) is 0.535. The Hall–Kier alpha value is -2.09. The van der Waals surface area contributed by atoms with E-state index < -0.39 is 0 Å². The monoisotopic (exact) mass is 402 g/mol. The summed E-state index contributed by atoms with van der Waals surface area (Å²) in [6, 6.07) is 15.9. The highest BCUT2D eigenvalue weighted by atomic mass is 32.2. The SMILES string of the molecule is COCCn1c(=NC(=O)CCSc2ccccc2)sc2cccc(OC)c21. The lowest BCUT2D eigenvalue weighted by Gasteiger charge is -2.07. The van der Waals surface area contributed by atoms with E-state index in [0.29, 0.717) is 30.1 Å². The lowest BCUT2D eigenvalue weighted by Crippen LogP contribution is -2.19. The molecule has 0 bridgehead atoms. The molecule has 3 rings (SSSR count). The normalized spacial score (nSPS) is 11.9. The van der Waals surface area contributed by atoms with Crippen molar-refractivity contribution in [3.63, 3.8) is 0 Å². The highest BCUT2D eigenvalue weighted by molar-refractivity contribution is 7.99. The largest absolute Gasteiger partial charge is 0.495 e. The number of aromatic nitrogens is 1. The Kier molecular flexibility index (Phi) is 7.09. The molecule has 2 aromatic carbocycles. The lowest BCUT2D eigenvalue weighted by molar-refractivity contribution is -0.117. The van der Waals surface area contributed by atoms with Gasteiger partial charge in [-0.2, -0.15) is 4.99 Å². The Labute approximate surface area is 166 Å². The Balaban J connectivity index is 1.82. The molecule has 5 nitrogen and oxygen atoms in total. The minimum Gasteiger partial charge on any atom is -0.495 e. The summed E-state index contributed by atoms with van der Waals surface area (Å²) in [5.74, 6) is 1.36. The lowest BCUT2D eigenvalue weighted by atomic mass is 10.3. The van der Waals surface area contributed by atoms with Crippen LogP contribution in [0.4, 0.5) is 0 Å². The summed E-state index contributed by atoms with van der Waals surface area (Å²) in [6.07, 6.45) is 0.398. The van der Waals surface area contributed by atoms with Crippen molar-refractivity contribution in [3.05, 3.63) is 53.3 Å². The first kappa shape index (κ1) is 19.7. The molecule has 142 valence electrons. The molecule has 0 aliphatic heterocycles. The molecule has 3 aromatic rings. The van der Waals surface area contributed by atoms with Gasteiger partial charge in [-0.15, -0.1) is 11.8 Å². The molecule has 0 N–H and O–H groups in total. The van der Waals surface area contributed by atoms with Gasteiger partial charge in [-0.05, 0) is 24.3 Å². The standard InChI is InChI=1S/C20H22N2O3S2/c1-24-13-12-22-19-16(25-2)9-6-10-17(19)27-20(22)21-18(23)11-14-26-15-7-4-3-5-8-15/h3-10H,11-14H2,1-2H3. The van der Waals surface area contributed by atoms with E-state index in [0.717, 1.165) is 20.9 Å². The molecule has 0 fully saturated rings. The van der Waals surface area contributed by atoms with Gasteiger partial charge in [0.2, 0.25) is 5.91 Å². The fourth-order valence-corrected chi connectivity index (χ4v) is 4.63. The van der Waals surface area contributed by atoms with Crippen molar-refractivity contribution in [1.29, 1.82) is 0 Å². The highest BCUT2D eigenvalue weighted by Gasteiger charge is 2.12. The topological polar surface area (TPSA) is 52.8 Å². The molecule has 27 heavy (non-hydrogen) atoms. The number of nitrogens with zero attached hydrogens (tertiary/aromatic N) is 2. The number of benzene rings is 2. The number of hydrogen-bond donors (Lipinski definition) is 0. The average molecular weight is 403 g/mol. The van der Waals surface area contributed by atoms with Gasteiger partial charge < -0.3 is 14.0 Å². The summed E-state index contributed by atoms with van der Waals surface area (Å²) < 4.78 is 13.8. The molecule has 1 amide bonds. The summed E-state index contributed by atoms with van der Waals surface area (Å²) in [4.78, 5) is 18.6. The van der Waals surface area contributed by atoms with Gasteiger partial charge in [0.1, 0.15) is 11.3 Å². The number of ether oxygens (including phenoxy) is 2. The van der Waals surface area contributed by atoms with E-state index in [-0.39, 0.29) is 5.91 Å². The number of hydrogen-bond acceptors (Lipinski definition) is 5. The van der Waals surface area contributed by atoms with Gasteiger partial charge in [-0.3, -0.25) is 4.79 Å². The van der Waals surface area contributed by atoms with Gasteiger partial charge in [0.05, 0.1) is 18.4 Å². The Bertz CT molecular complexity index is 964. The third-order valence-electron chi connectivity index (χ3n) is 3.95. The predicted octanol–water partition coefficient (Wildman–Crippen LogP) is 3.97. The van der Waals surface area contributed by atoms with E-state index in [9.17, 15) is 4.79 Å². The fraction of sp³-hybridized carbons (Fsp3) is 0.300. The van der Waals surface area contributed by atoms with Crippen LogP contribution in [0, 0.1) is 0 Å². The van der Waals surface area contributed by atoms with Gasteiger partial charge in [0, 0.05) is 30.7 Å². The van der Waals surface area contributed by atoms with Crippen molar-refractivity contribution in [2.45, 2.75) is 17.9 Å². The van der Waals surface area contributed by atoms with Crippen LogP contribution in [0.25, 0.3) is 10.2 Å². The van der Waals surface area contributed by atoms with Crippen molar-refractivity contribution >= 4 is 39.2 Å². The maximum Gasteiger partial charge on any atom is 0.249 e. The van der Waals surface area contributed by atoms with E-state index in [1.165, 1.54) is 11.3 Å². The Morgan fingerprint density at radius 3 is 2.70 bits per heavy atom. The van der Waals surface area contributed by atoms with Crippen LogP contribution in [0.15, 0.2) is 58.4 Å². The molecule has 0 radical (unpaired) electrons. The summed E-state index contributed by atoms with van der Waals surface area (Å²) in [6.45, 7) is 1.15. The molecular weight excluding hydrogens is 380 g/mol. The zero-order chi connectivity index (χ0) is 19.1. The number of methoxy groups -OCH3 is 2. The molecule has 1 aromatic heterocycles. The number of carbonyl (C=O) groups is 1. The van der Waals surface area contributed by atoms with Crippen molar-refractivity contribution in [2.24, 2.45) is 4.99 Å². The molecular formula is C20H22N2O3S2. The van der Waals surface area contributed by atoms with E-state index in [2.05, 4.69) is 4.99 Å². The smallest absolute Gasteiger partial charge is 0.249 e. The molecule has 0 spiro atoms. The number of amides is 1. The first-order valence-corrected chi connectivity index (χ1v) is 10.4. The van der Waals surface area contributed by atoms with Crippen molar-refractivity contribution < 1.29 is 14.3 Å². The first-order valence-electron chi connectivity index (χ1n) is 8.63. The number of rotatable bonds is 8. The molecule has 0 aliphatic carbocycles. The van der Waals surface area contributed by atoms with Crippen LogP contribution < -0.4 is 9.54 Å². The predicted molar refractivity (Wildman–Crippen MR) is 111 cm³/mol. The van der Waals surface area contributed by atoms with Gasteiger partial charge in [-0.25, -0.2) is 0 Å². The van der Waals surface area contributed by atoms with Crippen LogP contribution in [-0.2, 0) is 16.1 Å². The molecule has 7 heteroatoms. The van der Waals surface area contributed by atoms with Crippen molar-refractivity contribution in [3.8, 4) is 5.75 Å². The van der Waals surface area contributed by atoms with E-state index in [1.54, 1.807) is 26.0 Å². The van der Waals surface area contributed by atoms with Crippen molar-refractivity contribution in [2.75, 3.05) is 26.6 Å². The molecule has 0 aliphatic rings. The molecule has 0 unspecified atom stereocenters. The minimum absolute atomic E-state index is 0.116. The number of carbonyl (C=O) groups excluding carboxylic acids is 1. The second kappa shape index (κ2) is 9.73. The van der Waals surface area contributed by atoms with E-state index in [4.69, 9.17) is 9.47 Å². The molecule has 0 saturated heterocycles. The summed E-state index contributed by atoms with van der Waals surface area (Å²) in [7, 11) is 3.31. The molecule has 0 atom stereocenters. The van der Waals surface area contributed by atoms with Crippen LogP contribution in [0.1, 0.15) is 6.42 Å². The second-order valence-electron chi connectivity index (χ2n) is 5.75. The number of thiazole rings is 1. The summed E-state index contributed by atoms with van der Waals surface area (Å²) in [5.41, 5.74) is 0.951. The van der Waals surface area contributed by atoms with Crippen LogP contribution in [0.5, 0.6) is 5.75 Å². The second-order valence-corrected chi connectivity index (χ2v) is 7.93. The van der Waals surface area contributed by atoms with Gasteiger partial charge in [-0.1, -0.05) is 35.6 Å². The van der Waals surface area contributed by atoms with Crippen LogP contribution >= 0.6 is 23.1 Å². The third-order valence-corrected chi connectivity index (χ3v) is 6.01. The van der Waals surface area contributed by atoms with Gasteiger partial charge >= 0.3 is 0 Å². The van der Waals surface area contributed by atoms with Gasteiger partial charge in [0.15, 0.2) is 4.80 Å². The molecule has 0 saturated carbocycles. The molecule has 1 heterocycles. The maximum absolute atomic E-state index is 12.4. The third kappa shape index (κ3) is 5.00. The Morgan fingerprint density at radius 1 is 1.15 bits per heavy atom. The van der Waals surface area contributed by atoms with E-state index >= 15 is 0 Å². The number of fused-ring (bicyclic) bond motifs is 1. The van der Waals surface area contributed by atoms with Gasteiger partial charge in [0.25, 0.3) is 0 Å². The minimum atomic E-state index is -0.116. The van der Waals surface area contributed by atoms with Crippen LogP contribution in [0.3, 0.4) is 0 Å². The highest BCUT2D eigenvalue weighted by Crippen LogP contribution is 2.27. The number of thioether (sulfide) groups is 1. The Morgan fingerprint density at radius 2 is 1.96 bits per heavy atom. The van der Waals surface area contributed by atoms with Crippen LogP contribution in [-0.4, -0.2) is 37.1 Å². The van der Waals surface area contributed by atoms with E-state index in [1.807, 2.05) is 53.1 Å². The van der Waals surface area contributed by atoms with Crippen molar-refractivity contribution in [1.82, 2.24) is 4.57 Å². The van der Waals surface area contributed by atoms with Crippen LogP contribution in [0.2, 0.25) is 0 Å².